The van der Waals surface area contributed by atoms with Gasteiger partial charge >= 0.3 is 5.97 Å². The Bertz CT molecular complexity index is 509. The van der Waals surface area contributed by atoms with Crippen molar-refractivity contribution in [2.24, 2.45) is 0 Å². The van der Waals surface area contributed by atoms with E-state index in [1.807, 2.05) is 36.4 Å². The van der Waals surface area contributed by atoms with Crippen LogP contribution in [0.15, 0.2) is 46.9 Å². The molecule has 1 aromatic heterocycles. The van der Waals surface area contributed by atoms with Crippen LogP contribution in [0.4, 0.5) is 0 Å². The minimum Gasteiger partial charge on any atom is -0.475 e. The van der Waals surface area contributed by atoms with Crippen LogP contribution in [0.2, 0.25) is 0 Å². The quantitative estimate of drug-likeness (QED) is 0.853. The number of hydrogen-bond donors (Lipinski definition) is 1. The Morgan fingerprint density at radius 2 is 1.81 bits per heavy atom. The molecule has 1 N–H and O–H groups in total. The van der Waals surface area contributed by atoms with Crippen molar-refractivity contribution in [3.05, 3.63) is 59.5 Å². The molecule has 0 spiro atoms. The Morgan fingerprint density at radius 3 is 2.44 bits per heavy atom. The van der Waals surface area contributed by atoms with Crippen LogP contribution in [-0.2, 0) is 0 Å². The Labute approximate surface area is 92.6 Å². The van der Waals surface area contributed by atoms with Crippen molar-refractivity contribution in [2.45, 2.75) is 0 Å². The summed E-state index contributed by atoms with van der Waals surface area (Å²) < 4.78 is 5.08. The van der Waals surface area contributed by atoms with Gasteiger partial charge in [-0.1, -0.05) is 36.4 Å². The van der Waals surface area contributed by atoms with E-state index < -0.39 is 5.97 Å². The van der Waals surface area contributed by atoms with Gasteiger partial charge in [0.2, 0.25) is 5.76 Å². The van der Waals surface area contributed by atoms with E-state index in [1.165, 1.54) is 6.07 Å². The summed E-state index contributed by atoms with van der Waals surface area (Å²) in [7, 11) is 0. The first-order valence-corrected chi connectivity index (χ1v) is 4.82. The highest BCUT2D eigenvalue weighted by Gasteiger charge is 2.06. The zero-order chi connectivity index (χ0) is 11.4. The zero-order valence-electron chi connectivity index (χ0n) is 8.46. The van der Waals surface area contributed by atoms with Crippen molar-refractivity contribution in [1.82, 2.24) is 0 Å². The Kier molecular flexibility index (Phi) is 2.87. The third-order valence-corrected chi connectivity index (χ3v) is 2.08. The van der Waals surface area contributed by atoms with Crippen molar-refractivity contribution in [2.75, 3.05) is 0 Å². The molecule has 0 saturated carbocycles. The van der Waals surface area contributed by atoms with E-state index >= 15 is 0 Å². The van der Waals surface area contributed by atoms with Crippen molar-refractivity contribution < 1.29 is 14.3 Å². The van der Waals surface area contributed by atoms with E-state index in [0.717, 1.165) is 5.56 Å². The normalized spacial score (nSPS) is 10.8. The molecule has 0 unspecified atom stereocenters. The molecular formula is C13H10O3. The molecule has 0 saturated heterocycles. The van der Waals surface area contributed by atoms with Gasteiger partial charge in [-0.2, -0.15) is 0 Å². The maximum atomic E-state index is 10.6. The minimum absolute atomic E-state index is 0.0484. The fourth-order valence-corrected chi connectivity index (χ4v) is 1.30. The van der Waals surface area contributed by atoms with Gasteiger partial charge in [0.1, 0.15) is 5.76 Å². The number of hydrogen-bond acceptors (Lipinski definition) is 2. The molecule has 3 heteroatoms. The van der Waals surface area contributed by atoms with Crippen LogP contribution in [0.25, 0.3) is 12.2 Å². The van der Waals surface area contributed by atoms with Crippen LogP contribution in [0, 0.1) is 0 Å². The first-order valence-electron chi connectivity index (χ1n) is 4.82. The van der Waals surface area contributed by atoms with Crippen LogP contribution in [-0.4, -0.2) is 11.1 Å². The van der Waals surface area contributed by atoms with Gasteiger partial charge in [-0.3, -0.25) is 0 Å². The lowest BCUT2D eigenvalue weighted by Gasteiger charge is -1.90. The molecule has 1 aromatic carbocycles. The Balaban J connectivity index is 2.15. The average Bonchev–Trinajstić information content (AvgIpc) is 2.76. The van der Waals surface area contributed by atoms with E-state index in [4.69, 9.17) is 9.52 Å². The summed E-state index contributed by atoms with van der Waals surface area (Å²) in [5.74, 6) is -0.576. The summed E-state index contributed by atoms with van der Waals surface area (Å²) in [6.45, 7) is 0. The second kappa shape index (κ2) is 4.49. The predicted molar refractivity (Wildman–Crippen MR) is 61.0 cm³/mol. The SMILES string of the molecule is O=C(O)c1ccc(C=Cc2ccccc2)o1. The third kappa shape index (κ3) is 2.39. The van der Waals surface area contributed by atoms with Crippen LogP contribution < -0.4 is 0 Å². The lowest BCUT2D eigenvalue weighted by atomic mass is 10.2. The Morgan fingerprint density at radius 1 is 1.06 bits per heavy atom. The molecule has 1 heterocycles. The summed E-state index contributed by atoms with van der Waals surface area (Å²) >= 11 is 0. The lowest BCUT2D eigenvalue weighted by Crippen LogP contribution is -1.91. The highest BCUT2D eigenvalue weighted by atomic mass is 16.4. The van der Waals surface area contributed by atoms with Crippen LogP contribution in [0.3, 0.4) is 0 Å². The monoisotopic (exact) mass is 214 g/mol. The Hall–Kier alpha value is -2.29. The van der Waals surface area contributed by atoms with Gasteiger partial charge in [-0.05, 0) is 23.8 Å². The first-order chi connectivity index (χ1) is 7.75. The standard InChI is InChI=1S/C13H10O3/c14-13(15)12-9-8-11(16-12)7-6-10-4-2-1-3-5-10/h1-9H,(H,14,15). The largest absolute Gasteiger partial charge is 0.475 e. The van der Waals surface area contributed by atoms with Gasteiger partial charge in [0.05, 0.1) is 0 Å². The molecule has 0 fully saturated rings. The predicted octanol–water partition coefficient (Wildman–Crippen LogP) is 3.15. The average molecular weight is 214 g/mol. The van der Waals surface area contributed by atoms with E-state index in [0.29, 0.717) is 5.76 Å². The molecule has 2 aromatic rings. The third-order valence-electron chi connectivity index (χ3n) is 2.08. The van der Waals surface area contributed by atoms with E-state index in [1.54, 1.807) is 12.1 Å². The number of carboxylic acids is 1. The number of rotatable bonds is 3. The summed E-state index contributed by atoms with van der Waals surface area (Å²) in [4.78, 5) is 10.6. The fraction of sp³-hybridized carbons (Fsp3) is 0. The molecule has 2 rings (SSSR count). The van der Waals surface area contributed by atoms with Crippen LogP contribution in [0.5, 0.6) is 0 Å². The molecule has 0 radical (unpaired) electrons. The highest BCUT2D eigenvalue weighted by Crippen LogP contribution is 2.12. The number of carboxylic acid groups (broad SMARTS) is 1. The zero-order valence-corrected chi connectivity index (χ0v) is 8.46. The molecule has 0 aliphatic rings. The smallest absolute Gasteiger partial charge is 0.371 e. The number of benzene rings is 1. The molecular weight excluding hydrogens is 204 g/mol. The van der Waals surface area contributed by atoms with Gasteiger partial charge in [-0.25, -0.2) is 4.79 Å². The van der Waals surface area contributed by atoms with Crippen LogP contribution in [0.1, 0.15) is 21.9 Å². The molecule has 16 heavy (non-hydrogen) atoms. The highest BCUT2D eigenvalue weighted by molar-refractivity contribution is 5.84. The first kappa shape index (κ1) is 10.2. The maximum Gasteiger partial charge on any atom is 0.371 e. The summed E-state index contributed by atoms with van der Waals surface area (Å²) in [6.07, 6.45) is 3.60. The molecule has 3 nitrogen and oxygen atoms in total. The lowest BCUT2D eigenvalue weighted by molar-refractivity contribution is 0.0662. The van der Waals surface area contributed by atoms with Gasteiger partial charge < -0.3 is 9.52 Å². The van der Waals surface area contributed by atoms with Gasteiger partial charge in [0, 0.05) is 0 Å². The van der Waals surface area contributed by atoms with Gasteiger partial charge in [-0.15, -0.1) is 0 Å². The number of aromatic carboxylic acids is 1. The topological polar surface area (TPSA) is 50.4 Å². The second-order valence-corrected chi connectivity index (χ2v) is 3.25. The van der Waals surface area contributed by atoms with E-state index in [9.17, 15) is 4.79 Å². The van der Waals surface area contributed by atoms with Crippen molar-refractivity contribution in [3.63, 3.8) is 0 Å². The molecule has 0 bridgehead atoms. The van der Waals surface area contributed by atoms with E-state index in [2.05, 4.69) is 0 Å². The van der Waals surface area contributed by atoms with E-state index in [-0.39, 0.29) is 5.76 Å². The summed E-state index contributed by atoms with van der Waals surface area (Å²) in [6, 6.07) is 12.8. The maximum absolute atomic E-state index is 10.6. The second-order valence-electron chi connectivity index (χ2n) is 3.25. The summed E-state index contributed by atoms with van der Waals surface area (Å²) in [5, 5.41) is 8.67. The fourth-order valence-electron chi connectivity index (χ4n) is 1.30. The molecule has 0 aliphatic carbocycles. The minimum atomic E-state index is -1.06. The van der Waals surface area contributed by atoms with Crippen molar-refractivity contribution in [3.8, 4) is 0 Å². The van der Waals surface area contributed by atoms with Crippen LogP contribution >= 0.6 is 0 Å². The van der Waals surface area contributed by atoms with Gasteiger partial charge in [0.25, 0.3) is 0 Å². The van der Waals surface area contributed by atoms with Crippen molar-refractivity contribution >= 4 is 18.1 Å². The number of furan rings is 1. The van der Waals surface area contributed by atoms with Crippen molar-refractivity contribution in [1.29, 1.82) is 0 Å². The molecule has 0 atom stereocenters. The molecule has 80 valence electrons. The molecule has 0 amide bonds. The van der Waals surface area contributed by atoms with Gasteiger partial charge in [0.15, 0.2) is 0 Å². The summed E-state index contributed by atoms with van der Waals surface area (Å²) in [5.41, 5.74) is 1.04. The molecule has 0 aliphatic heterocycles. The number of carbonyl (C=O) groups is 1.